The van der Waals surface area contributed by atoms with Crippen LogP contribution in [0, 0.1) is 12.8 Å². The number of carbonyl (C=O) groups excluding carboxylic acids is 1. The summed E-state index contributed by atoms with van der Waals surface area (Å²) in [5.74, 6) is 1.18. The van der Waals surface area contributed by atoms with Gasteiger partial charge in [-0.1, -0.05) is 15.9 Å². The lowest BCUT2D eigenvalue weighted by Gasteiger charge is -2.20. The van der Waals surface area contributed by atoms with Gasteiger partial charge in [0.1, 0.15) is 11.9 Å². The van der Waals surface area contributed by atoms with Crippen molar-refractivity contribution in [3.8, 4) is 5.75 Å². The molecule has 0 radical (unpaired) electrons. The van der Waals surface area contributed by atoms with E-state index in [0.29, 0.717) is 13.0 Å². The minimum Gasteiger partial charge on any atom is -0.489 e. The molecule has 0 aliphatic carbocycles. The molecule has 1 aromatic carbocycles. The van der Waals surface area contributed by atoms with Crippen molar-refractivity contribution in [3.05, 3.63) is 21.6 Å². The van der Waals surface area contributed by atoms with Crippen molar-refractivity contribution in [2.75, 3.05) is 6.54 Å². The van der Waals surface area contributed by atoms with Gasteiger partial charge in [-0.25, -0.2) is 4.98 Å². The first-order chi connectivity index (χ1) is 9.52. The van der Waals surface area contributed by atoms with Gasteiger partial charge in [0.2, 0.25) is 5.91 Å². The Kier molecular flexibility index (Phi) is 3.69. The summed E-state index contributed by atoms with van der Waals surface area (Å²) in [6, 6.07) is 3.97. The van der Waals surface area contributed by atoms with E-state index in [0.717, 1.165) is 25.4 Å². The minimum atomic E-state index is -0.00569. The molecule has 6 heteroatoms. The lowest BCUT2D eigenvalue weighted by atomic mass is 10.0. The number of benzene rings is 1. The Hall–Kier alpha value is -1.14. The lowest BCUT2D eigenvalue weighted by Crippen LogP contribution is -2.25. The molecule has 1 unspecified atom stereocenters. The molecule has 1 amide bonds. The van der Waals surface area contributed by atoms with Crippen molar-refractivity contribution < 1.29 is 9.53 Å². The zero-order valence-corrected chi connectivity index (χ0v) is 13.7. The zero-order chi connectivity index (χ0) is 14.3. The smallest absolute Gasteiger partial charge is 0.220 e. The molecule has 0 bridgehead atoms. The van der Waals surface area contributed by atoms with E-state index in [-0.39, 0.29) is 17.9 Å². The summed E-state index contributed by atoms with van der Waals surface area (Å²) in [5, 5.41) is 3.87. The molecule has 4 nitrogen and oxygen atoms in total. The molecule has 20 heavy (non-hydrogen) atoms. The average Bonchev–Trinajstić information content (AvgIpc) is 2.94. The number of rotatable bonds is 3. The Morgan fingerprint density at radius 2 is 2.35 bits per heavy atom. The number of carbonyl (C=O) groups is 1. The molecule has 2 heterocycles. The Labute approximate surface area is 129 Å². The van der Waals surface area contributed by atoms with E-state index in [4.69, 9.17) is 4.74 Å². The van der Waals surface area contributed by atoms with Crippen LogP contribution in [0.2, 0.25) is 0 Å². The van der Waals surface area contributed by atoms with Gasteiger partial charge in [-0.15, -0.1) is 11.3 Å². The number of halogens is 1. The number of thiazole rings is 1. The molecule has 1 fully saturated rings. The number of ether oxygens (including phenoxy) is 1. The molecule has 106 valence electrons. The maximum absolute atomic E-state index is 11.3. The summed E-state index contributed by atoms with van der Waals surface area (Å²) in [4.78, 5) is 15.8. The first kappa shape index (κ1) is 13.8. The Bertz CT molecular complexity index is 670. The summed E-state index contributed by atoms with van der Waals surface area (Å²) in [6.45, 7) is 4.70. The number of hydrogen-bond donors (Lipinski definition) is 1. The molecule has 1 aromatic heterocycles. The van der Waals surface area contributed by atoms with Gasteiger partial charge in [0.05, 0.1) is 15.2 Å². The number of amides is 1. The van der Waals surface area contributed by atoms with E-state index < -0.39 is 0 Å². The molecule has 1 aliphatic rings. The predicted octanol–water partition coefficient (Wildman–Crippen LogP) is 3.27. The lowest BCUT2D eigenvalue weighted by molar-refractivity contribution is -0.119. The van der Waals surface area contributed by atoms with Gasteiger partial charge in [0, 0.05) is 23.4 Å². The molecule has 3 rings (SSSR count). The van der Waals surface area contributed by atoms with Gasteiger partial charge in [0.25, 0.3) is 0 Å². The highest BCUT2D eigenvalue weighted by Crippen LogP contribution is 2.35. The molecular formula is C14H15BrN2O2S. The van der Waals surface area contributed by atoms with Crippen molar-refractivity contribution in [1.29, 1.82) is 0 Å². The van der Waals surface area contributed by atoms with E-state index in [1.807, 2.05) is 26.0 Å². The molecule has 0 spiro atoms. The fraction of sp³-hybridized carbons (Fsp3) is 0.429. The standard InChI is InChI=1S/C14H15BrN2O2S/c1-7(9-3-13(18)16-6-9)19-12-5-10(15)4-11-14(12)20-8(2)17-11/h4-5,7,9H,3,6H2,1-2H3,(H,16,18)/t7?,9-/m1/s1. The quantitative estimate of drug-likeness (QED) is 0.920. The van der Waals surface area contributed by atoms with Crippen LogP contribution in [0.25, 0.3) is 10.2 Å². The zero-order valence-electron chi connectivity index (χ0n) is 11.3. The van der Waals surface area contributed by atoms with Crippen LogP contribution in [-0.4, -0.2) is 23.5 Å². The Balaban J connectivity index is 1.88. The van der Waals surface area contributed by atoms with Gasteiger partial charge < -0.3 is 10.1 Å². The number of hydrogen-bond acceptors (Lipinski definition) is 4. The first-order valence-corrected chi connectivity index (χ1v) is 8.14. The highest BCUT2D eigenvalue weighted by Gasteiger charge is 2.28. The third-order valence-corrected chi connectivity index (χ3v) is 4.97. The van der Waals surface area contributed by atoms with Crippen molar-refractivity contribution in [2.45, 2.75) is 26.4 Å². The van der Waals surface area contributed by atoms with Crippen molar-refractivity contribution >= 4 is 43.4 Å². The molecule has 1 saturated heterocycles. The van der Waals surface area contributed by atoms with Crippen molar-refractivity contribution in [1.82, 2.24) is 10.3 Å². The van der Waals surface area contributed by atoms with Crippen molar-refractivity contribution in [3.63, 3.8) is 0 Å². The topological polar surface area (TPSA) is 51.2 Å². The minimum absolute atomic E-state index is 0.00569. The summed E-state index contributed by atoms with van der Waals surface area (Å²) in [5.41, 5.74) is 0.949. The SMILES string of the molecule is Cc1nc2cc(Br)cc(OC(C)[C@H]3CNC(=O)C3)c2s1. The summed E-state index contributed by atoms with van der Waals surface area (Å²) in [7, 11) is 0. The van der Waals surface area contributed by atoms with E-state index in [1.165, 1.54) is 0 Å². The van der Waals surface area contributed by atoms with E-state index in [2.05, 4.69) is 26.2 Å². The second-order valence-corrected chi connectivity index (χ2v) is 7.20. The highest BCUT2D eigenvalue weighted by molar-refractivity contribution is 9.10. The van der Waals surface area contributed by atoms with Gasteiger partial charge in [0.15, 0.2) is 0 Å². The summed E-state index contributed by atoms with van der Waals surface area (Å²) < 4.78 is 8.12. The van der Waals surface area contributed by atoms with Crippen LogP contribution < -0.4 is 10.1 Å². The average molecular weight is 355 g/mol. The molecule has 1 aliphatic heterocycles. The van der Waals surface area contributed by atoms with Crippen LogP contribution in [0.5, 0.6) is 5.75 Å². The van der Waals surface area contributed by atoms with Crippen LogP contribution in [0.3, 0.4) is 0 Å². The fourth-order valence-electron chi connectivity index (χ4n) is 2.42. The van der Waals surface area contributed by atoms with E-state index in [9.17, 15) is 4.79 Å². The summed E-state index contributed by atoms with van der Waals surface area (Å²) >= 11 is 5.13. The number of nitrogens with one attached hydrogen (secondary N) is 1. The maximum atomic E-state index is 11.3. The van der Waals surface area contributed by atoms with Crippen LogP contribution in [0.1, 0.15) is 18.4 Å². The second-order valence-electron chi connectivity index (χ2n) is 5.08. The molecule has 1 N–H and O–H groups in total. The molecule has 2 aromatic rings. The highest BCUT2D eigenvalue weighted by atomic mass is 79.9. The number of aryl methyl sites for hydroxylation is 1. The van der Waals surface area contributed by atoms with Gasteiger partial charge in [-0.3, -0.25) is 4.79 Å². The first-order valence-electron chi connectivity index (χ1n) is 6.53. The van der Waals surface area contributed by atoms with E-state index in [1.54, 1.807) is 11.3 Å². The van der Waals surface area contributed by atoms with Crippen LogP contribution >= 0.6 is 27.3 Å². The van der Waals surface area contributed by atoms with Crippen LogP contribution in [-0.2, 0) is 4.79 Å². The Morgan fingerprint density at radius 1 is 1.55 bits per heavy atom. The number of fused-ring (bicyclic) bond motifs is 1. The van der Waals surface area contributed by atoms with Gasteiger partial charge in [-0.2, -0.15) is 0 Å². The molecular weight excluding hydrogens is 340 g/mol. The maximum Gasteiger partial charge on any atom is 0.220 e. The fourth-order valence-corrected chi connectivity index (χ4v) is 3.70. The van der Waals surface area contributed by atoms with Gasteiger partial charge >= 0.3 is 0 Å². The van der Waals surface area contributed by atoms with Crippen LogP contribution in [0.4, 0.5) is 0 Å². The largest absolute Gasteiger partial charge is 0.489 e. The molecule has 0 saturated carbocycles. The molecule has 2 atom stereocenters. The van der Waals surface area contributed by atoms with Crippen LogP contribution in [0.15, 0.2) is 16.6 Å². The number of aromatic nitrogens is 1. The second kappa shape index (κ2) is 5.33. The van der Waals surface area contributed by atoms with Crippen molar-refractivity contribution in [2.24, 2.45) is 5.92 Å². The Morgan fingerprint density at radius 3 is 3.05 bits per heavy atom. The summed E-state index contributed by atoms with van der Waals surface area (Å²) in [6.07, 6.45) is 0.536. The third-order valence-electron chi connectivity index (χ3n) is 3.51. The van der Waals surface area contributed by atoms with E-state index >= 15 is 0 Å². The normalized spacial score (nSPS) is 20.1. The monoisotopic (exact) mass is 354 g/mol. The predicted molar refractivity (Wildman–Crippen MR) is 83.3 cm³/mol. The third kappa shape index (κ3) is 2.67. The van der Waals surface area contributed by atoms with Gasteiger partial charge in [-0.05, 0) is 26.0 Å². The number of nitrogens with zero attached hydrogens (tertiary/aromatic N) is 1.